The molecule has 90 valence electrons. The number of hydrogen-bond acceptors (Lipinski definition) is 3. The molecule has 0 bridgehead atoms. The van der Waals surface area contributed by atoms with E-state index < -0.39 is 0 Å². The van der Waals surface area contributed by atoms with Crippen molar-refractivity contribution in [3.63, 3.8) is 0 Å². The van der Waals surface area contributed by atoms with Gasteiger partial charge in [-0.15, -0.1) is 0 Å². The van der Waals surface area contributed by atoms with Crippen LogP contribution in [0.3, 0.4) is 0 Å². The maximum absolute atomic E-state index is 5.72. The Morgan fingerprint density at radius 1 is 1.47 bits per heavy atom. The fourth-order valence-corrected chi connectivity index (χ4v) is 2.33. The number of hydrogen-bond donors (Lipinski definition) is 2. The smallest absolute Gasteiger partial charge is 0.0213 e. The second-order valence-corrected chi connectivity index (χ2v) is 5.25. The van der Waals surface area contributed by atoms with Crippen molar-refractivity contribution >= 4 is 0 Å². The molecular formula is C12H27N3. The lowest BCUT2D eigenvalue weighted by molar-refractivity contribution is 0.362. The fourth-order valence-electron chi connectivity index (χ4n) is 2.33. The van der Waals surface area contributed by atoms with Crippen molar-refractivity contribution in [3.8, 4) is 0 Å². The molecule has 1 aliphatic heterocycles. The Balaban J connectivity index is 2.10. The van der Waals surface area contributed by atoms with Crippen LogP contribution in [0.2, 0.25) is 0 Å². The van der Waals surface area contributed by atoms with E-state index in [4.69, 9.17) is 5.73 Å². The van der Waals surface area contributed by atoms with Gasteiger partial charge in [0, 0.05) is 19.1 Å². The van der Waals surface area contributed by atoms with Gasteiger partial charge in [0.05, 0.1) is 0 Å². The molecule has 1 saturated heterocycles. The van der Waals surface area contributed by atoms with Gasteiger partial charge in [-0.2, -0.15) is 0 Å². The van der Waals surface area contributed by atoms with E-state index in [0.29, 0.717) is 12.0 Å². The molecule has 2 atom stereocenters. The second kappa shape index (κ2) is 6.46. The van der Waals surface area contributed by atoms with E-state index in [2.05, 4.69) is 31.1 Å². The van der Waals surface area contributed by atoms with E-state index in [1.54, 1.807) is 0 Å². The van der Waals surface area contributed by atoms with Gasteiger partial charge in [-0.25, -0.2) is 0 Å². The Hall–Kier alpha value is -0.120. The molecule has 0 amide bonds. The zero-order valence-electron chi connectivity index (χ0n) is 10.5. The second-order valence-electron chi connectivity index (χ2n) is 5.25. The number of nitrogens with zero attached hydrogens (tertiary/aromatic N) is 1. The van der Waals surface area contributed by atoms with E-state index in [1.165, 1.54) is 25.9 Å². The predicted octanol–water partition coefficient (Wildman–Crippen LogP) is 0.901. The first-order valence-electron chi connectivity index (χ1n) is 6.25. The minimum atomic E-state index is 0.490. The summed E-state index contributed by atoms with van der Waals surface area (Å²) in [5.74, 6) is 1.54. The number of rotatable bonds is 6. The average molecular weight is 213 g/mol. The van der Waals surface area contributed by atoms with E-state index in [9.17, 15) is 0 Å². The van der Waals surface area contributed by atoms with Crippen LogP contribution in [0, 0.1) is 11.8 Å². The molecule has 0 saturated carbocycles. The first-order chi connectivity index (χ1) is 7.13. The average Bonchev–Trinajstić information content (AvgIpc) is 2.58. The van der Waals surface area contributed by atoms with Gasteiger partial charge in [0.2, 0.25) is 0 Å². The van der Waals surface area contributed by atoms with Crippen molar-refractivity contribution in [1.82, 2.24) is 10.2 Å². The number of likely N-dealkylation sites (tertiary alicyclic amines) is 1. The highest BCUT2D eigenvalue weighted by Gasteiger charge is 2.19. The van der Waals surface area contributed by atoms with Crippen LogP contribution in [0.4, 0.5) is 0 Å². The van der Waals surface area contributed by atoms with Crippen LogP contribution in [-0.2, 0) is 0 Å². The van der Waals surface area contributed by atoms with Crippen LogP contribution >= 0.6 is 0 Å². The zero-order chi connectivity index (χ0) is 11.3. The van der Waals surface area contributed by atoms with Crippen molar-refractivity contribution in [2.24, 2.45) is 17.6 Å². The molecule has 1 aliphatic rings. The molecule has 1 heterocycles. The van der Waals surface area contributed by atoms with Crippen LogP contribution in [-0.4, -0.2) is 44.2 Å². The van der Waals surface area contributed by atoms with Gasteiger partial charge in [0.15, 0.2) is 0 Å². The molecular weight excluding hydrogens is 186 g/mol. The van der Waals surface area contributed by atoms with Crippen LogP contribution in [0.1, 0.15) is 26.7 Å². The number of nitrogens with one attached hydrogen (secondary N) is 1. The molecule has 0 spiro atoms. The third-order valence-electron chi connectivity index (χ3n) is 3.51. The van der Waals surface area contributed by atoms with Gasteiger partial charge < -0.3 is 16.0 Å². The minimum Gasteiger partial charge on any atom is -0.329 e. The topological polar surface area (TPSA) is 41.3 Å². The molecule has 0 aromatic carbocycles. The van der Waals surface area contributed by atoms with Gasteiger partial charge in [0.1, 0.15) is 0 Å². The van der Waals surface area contributed by atoms with Gasteiger partial charge in [-0.3, -0.25) is 0 Å². The monoisotopic (exact) mass is 213 g/mol. The quantitative estimate of drug-likeness (QED) is 0.689. The Morgan fingerprint density at radius 2 is 2.20 bits per heavy atom. The highest BCUT2D eigenvalue weighted by atomic mass is 15.1. The maximum atomic E-state index is 5.72. The highest BCUT2D eigenvalue weighted by molar-refractivity contribution is 4.76. The summed E-state index contributed by atoms with van der Waals surface area (Å²) in [6.45, 7) is 8.88. The Kier molecular flexibility index (Phi) is 5.58. The third-order valence-corrected chi connectivity index (χ3v) is 3.51. The van der Waals surface area contributed by atoms with Crippen molar-refractivity contribution in [3.05, 3.63) is 0 Å². The van der Waals surface area contributed by atoms with Gasteiger partial charge in [0.25, 0.3) is 0 Å². The zero-order valence-corrected chi connectivity index (χ0v) is 10.5. The summed E-state index contributed by atoms with van der Waals surface area (Å²) in [5.41, 5.74) is 5.72. The Labute approximate surface area is 94.4 Å². The van der Waals surface area contributed by atoms with Crippen LogP contribution in [0.5, 0.6) is 0 Å². The van der Waals surface area contributed by atoms with E-state index in [-0.39, 0.29) is 0 Å². The normalized spacial score (nSPS) is 25.0. The summed E-state index contributed by atoms with van der Waals surface area (Å²) < 4.78 is 0. The lowest BCUT2D eigenvalue weighted by Crippen LogP contribution is -2.41. The van der Waals surface area contributed by atoms with Crippen molar-refractivity contribution in [2.45, 2.75) is 32.7 Å². The highest BCUT2D eigenvalue weighted by Crippen LogP contribution is 2.17. The fraction of sp³-hybridized carbons (Fsp3) is 1.00. The van der Waals surface area contributed by atoms with Crippen LogP contribution < -0.4 is 11.1 Å². The largest absolute Gasteiger partial charge is 0.329 e. The molecule has 1 fully saturated rings. The van der Waals surface area contributed by atoms with E-state index in [1.807, 2.05) is 0 Å². The summed E-state index contributed by atoms with van der Waals surface area (Å²) >= 11 is 0. The summed E-state index contributed by atoms with van der Waals surface area (Å²) in [6.07, 6.45) is 2.67. The van der Waals surface area contributed by atoms with Gasteiger partial charge in [-0.1, -0.05) is 13.8 Å². The minimum absolute atomic E-state index is 0.490. The molecule has 1 rings (SSSR count). The Morgan fingerprint density at radius 3 is 2.67 bits per heavy atom. The van der Waals surface area contributed by atoms with Gasteiger partial charge >= 0.3 is 0 Å². The SMILES string of the molecule is CC(C)C(CN)NCCC1CCN(C)C1. The van der Waals surface area contributed by atoms with Gasteiger partial charge in [-0.05, 0) is 44.8 Å². The summed E-state index contributed by atoms with van der Waals surface area (Å²) in [4.78, 5) is 2.42. The molecule has 2 unspecified atom stereocenters. The maximum Gasteiger partial charge on any atom is 0.0213 e. The first-order valence-corrected chi connectivity index (χ1v) is 6.25. The Bertz CT molecular complexity index is 170. The molecule has 15 heavy (non-hydrogen) atoms. The number of nitrogens with two attached hydrogens (primary N) is 1. The molecule has 0 radical (unpaired) electrons. The van der Waals surface area contributed by atoms with Crippen molar-refractivity contribution in [2.75, 3.05) is 33.2 Å². The summed E-state index contributed by atoms with van der Waals surface area (Å²) in [6, 6.07) is 0.490. The molecule has 3 nitrogen and oxygen atoms in total. The van der Waals surface area contributed by atoms with E-state index >= 15 is 0 Å². The van der Waals surface area contributed by atoms with Crippen molar-refractivity contribution in [1.29, 1.82) is 0 Å². The van der Waals surface area contributed by atoms with Crippen molar-refractivity contribution < 1.29 is 0 Å². The lowest BCUT2D eigenvalue weighted by Gasteiger charge is -2.21. The predicted molar refractivity (Wildman–Crippen MR) is 65.9 cm³/mol. The lowest BCUT2D eigenvalue weighted by atomic mass is 10.0. The first kappa shape index (κ1) is 12.9. The van der Waals surface area contributed by atoms with Crippen LogP contribution in [0.25, 0.3) is 0 Å². The molecule has 3 N–H and O–H groups in total. The third kappa shape index (κ3) is 4.49. The molecule has 0 aromatic heterocycles. The molecule has 3 heteroatoms. The molecule has 0 aromatic rings. The van der Waals surface area contributed by atoms with E-state index in [0.717, 1.165) is 19.0 Å². The standard InChI is InChI=1S/C12H27N3/c1-10(2)12(8-13)14-6-4-11-5-7-15(3)9-11/h10-12,14H,4-9,13H2,1-3H3. The summed E-state index contributed by atoms with van der Waals surface area (Å²) in [5, 5.41) is 3.57. The van der Waals surface area contributed by atoms with Crippen LogP contribution in [0.15, 0.2) is 0 Å². The molecule has 0 aliphatic carbocycles. The summed E-state index contributed by atoms with van der Waals surface area (Å²) in [7, 11) is 2.21.